The van der Waals surface area contributed by atoms with Crippen molar-refractivity contribution in [3.8, 4) is 0 Å². The van der Waals surface area contributed by atoms with Gasteiger partial charge in [-0.25, -0.2) is 0 Å². The van der Waals surface area contributed by atoms with E-state index in [-0.39, 0.29) is 12.3 Å². The van der Waals surface area contributed by atoms with Gasteiger partial charge in [0.25, 0.3) is 5.69 Å². The molecule has 0 saturated carbocycles. The molecule has 8 heteroatoms. The molecular formula is C12H15F3N2O3. The Morgan fingerprint density at radius 2 is 1.95 bits per heavy atom. The maximum Gasteiger partial charge on any atom is 0.423 e. The van der Waals surface area contributed by atoms with Crippen molar-refractivity contribution in [2.45, 2.75) is 25.4 Å². The highest BCUT2D eigenvalue weighted by Crippen LogP contribution is 2.37. The van der Waals surface area contributed by atoms with Gasteiger partial charge in [0.15, 0.2) is 0 Å². The Kier molecular flexibility index (Phi) is 5.75. The lowest BCUT2D eigenvalue weighted by Crippen LogP contribution is -2.10. The summed E-state index contributed by atoms with van der Waals surface area (Å²) in [5.74, 6) is 0. The van der Waals surface area contributed by atoms with E-state index in [1.165, 1.54) is 6.07 Å². The quantitative estimate of drug-likeness (QED) is 0.460. The normalized spacial score (nSPS) is 11.4. The van der Waals surface area contributed by atoms with Gasteiger partial charge in [-0.15, -0.1) is 0 Å². The van der Waals surface area contributed by atoms with E-state index in [1.807, 2.05) is 0 Å². The van der Waals surface area contributed by atoms with Crippen LogP contribution in [0.25, 0.3) is 0 Å². The van der Waals surface area contributed by atoms with Crippen molar-refractivity contribution in [2.24, 2.45) is 0 Å². The summed E-state index contributed by atoms with van der Waals surface area (Å²) in [7, 11) is 0. The second-order valence-corrected chi connectivity index (χ2v) is 4.20. The number of unbranched alkanes of at least 4 members (excludes halogenated alkanes) is 2. The first kappa shape index (κ1) is 16.2. The van der Waals surface area contributed by atoms with E-state index in [9.17, 15) is 23.3 Å². The molecule has 112 valence electrons. The minimum Gasteiger partial charge on any atom is -0.396 e. The molecule has 1 aromatic rings. The Morgan fingerprint density at radius 3 is 2.50 bits per heavy atom. The van der Waals surface area contributed by atoms with Crippen LogP contribution in [0, 0.1) is 10.1 Å². The standard InChI is InChI=1S/C12H15F3N2O3/c13-12(14,15)10-8-9(4-5-11(10)17(19)20)16-6-2-1-3-7-18/h4-5,8,16,18H,1-3,6-7H2. The number of nitrogens with one attached hydrogen (secondary N) is 1. The van der Waals surface area contributed by atoms with Crippen LogP contribution in [-0.2, 0) is 6.18 Å². The Balaban J connectivity index is 2.77. The van der Waals surface area contributed by atoms with Gasteiger partial charge in [0.05, 0.1) is 4.92 Å². The Morgan fingerprint density at radius 1 is 1.25 bits per heavy atom. The van der Waals surface area contributed by atoms with Crippen LogP contribution in [0.15, 0.2) is 18.2 Å². The zero-order chi connectivity index (χ0) is 15.2. The fourth-order valence-corrected chi connectivity index (χ4v) is 1.68. The van der Waals surface area contributed by atoms with Crippen molar-refractivity contribution >= 4 is 11.4 Å². The molecule has 0 aliphatic heterocycles. The number of nitrogens with zero attached hydrogens (tertiary/aromatic N) is 1. The Labute approximate surface area is 113 Å². The topological polar surface area (TPSA) is 75.4 Å². The lowest BCUT2D eigenvalue weighted by molar-refractivity contribution is -0.388. The zero-order valence-electron chi connectivity index (χ0n) is 10.6. The first-order valence-electron chi connectivity index (χ1n) is 6.06. The molecule has 0 radical (unpaired) electrons. The minimum atomic E-state index is -4.77. The van der Waals surface area contributed by atoms with Crippen LogP contribution in [0.2, 0.25) is 0 Å². The highest BCUT2D eigenvalue weighted by Gasteiger charge is 2.38. The molecular weight excluding hydrogens is 277 g/mol. The second kappa shape index (κ2) is 7.09. The average molecular weight is 292 g/mol. The molecule has 0 aliphatic rings. The fourth-order valence-electron chi connectivity index (χ4n) is 1.68. The first-order chi connectivity index (χ1) is 9.36. The van der Waals surface area contributed by atoms with Crippen LogP contribution in [-0.4, -0.2) is 23.2 Å². The smallest absolute Gasteiger partial charge is 0.396 e. The fraction of sp³-hybridized carbons (Fsp3) is 0.500. The van der Waals surface area contributed by atoms with Crippen molar-refractivity contribution in [1.82, 2.24) is 0 Å². The Bertz CT molecular complexity index is 464. The molecule has 1 rings (SSSR count). The van der Waals surface area contributed by atoms with Crippen molar-refractivity contribution in [1.29, 1.82) is 0 Å². The molecule has 0 unspecified atom stereocenters. The molecule has 0 saturated heterocycles. The summed E-state index contributed by atoms with van der Waals surface area (Å²) in [5.41, 5.74) is -2.03. The summed E-state index contributed by atoms with van der Waals surface area (Å²) in [6.07, 6.45) is -2.69. The largest absolute Gasteiger partial charge is 0.423 e. The molecule has 0 aromatic heterocycles. The lowest BCUT2D eigenvalue weighted by atomic mass is 10.1. The third-order valence-corrected chi connectivity index (χ3v) is 2.66. The van der Waals surface area contributed by atoms with Gasteiger partial charge in [-0.1, -0.05) is 0 Å². The number of aliphatic hydroxyl groups is 1. The number of halogens is 3. The third-order valence-electron chi connectivity index (χ3n) is 2.66. The van der Waals surface area contributed by atoms with Gasteiger partial charge >= 0.3 is 6.18 Å². The van der Waals surface area contributed by atoms with Crippen LogP contribution >= 0.6 is 0 Å². The second-order valence-electron chi connectivity index (χ2n) is 4.20. The van der Waals surface area contributed by atoms with Gasteiger partial charge < -0.3 is 10.4 Å². The summed E-state index contributed by atoms with van der Waals surface area (Å²) >= 11 is 0. The van der Waals surface area contributed by atoms with E-state index >= 15 is 0 Å². The molecule has 20 heavy (non-hydrogen) atoms. The number of benzene rings is 1. The maximum absolute atomic E-state index is 12.7. The maximum atomic E-state index is 12.7. The molecule has 2 N–H and O–H groups in total. The number of nitro groups is 1. The van der Waals surface area contributed by atoms with E-state index in [0.717, 1.165) is 18.6 Å². The molecule has 0 amide bonds. The third kappa shape index (κ3) is 4.69. The number of alkyl halides is 3. The van der Waals surface area contributed by atoms with Crippen LogP contribution in [0.5, 0.6) is 0 Å². The molecule has 5 nitrogen and oxygen atoms in total. The van der Waals surface area contributed by atoms with Gasteiger partial charge in [-0.2, -0.15) is 13.2 Å². The highest BCUT2D eigenvalue weighted by molar-refractivity contribution is 5.55. The van der Waals surface area contributed by atoms with Gasteiger partial charge in [-0.05, 0) is 31.4 Å². The number of aliphatic hydroxyl groups excluding tert-OH is 1. The number of hydrogen-bond donors (Lipinski definition) is 2. The number of hydrogen-bond acceptors (Lipinski definition) is 4. The van der Waals surface area contributed by atoms with E-state index in [1.54, 1.807) is 0 Å². The van der Waals surface area contributed by atoms with E-state index in [4.69, 9.17) is 5.11 Å². The molecule has 0 spiro atoms. The molecule has 0 aliphatic carbocycles. The molecule has 0 bridgehead atoms. The summed E-state index contributed by atoms with van der Waals surface area (Å²) in [4.78, 5) is 9.53. The summed E-state index contributed by atoms with van der Waals surface area (Å²) < 4.78 is 38.2. The van der Waals surface area contributed by atoms with E-state index in [0.29, 0.717) is 19.4 Å². The number of anilines is 1. The molecule has 0 atom stereocenters. The number of nitro benzene ring substituents is 1. The molecule has 0 fully saturated rings. The van der Waals surface area contributed by atoms with Crippen molar-refractivity contribution in [3.63, 3.8) is 0 Å². The van der Waals surface area contributed by atoms with Crippen molar-refractivity contribution in [2.75, 3.05) is 18.5 Å². The minimum absolute atomic E-state index is 0.0791. The van der Waals surface area contributed by atoms with Crippen LogP contribution < -0.4 is 5.32 Å². The molecule has 1 aromatic carbocycles. The molecule has 0 heterocycles. The van der Waals surface area contributed by atoms with E-state index < -0.39 is 22.4 Å². The van der Waals surface area contributed by atoms with Gasteiger partial charge in [-0.3, -0.25) is 10.1 Å². The monoisotopic (exact) mass is 292 g/mol. The lowest BCUT2D eigenvalue weighted by Gasteiger charge is -2.11. The predicted octanol–water partition coefficient (Wildman–Crippen LogP) is 3.19. The highest BCUT2D eigenvalue weighted by atomic mass is 19.4. The average Bonchev–Trinajstić information content (AvgIpc) is 2.37. The van der Waals surface area contributed by atoms with E-state index in [2.05, 4.69) is 5.32 Å². The summed E-state index contributed by atoms with van der Waals surface area (Å²) in [6, 6.07) is 2.84. The summed E-state index contributed by atoms with van der Waals surface area (Å²) in [5, 5.41) is 21.9. The van der Waals surface area contributed by atoms with Crippen LogP contribution in [0.4, 0.5) is 24.5 Å². The SMILES string of the molecule is O=[N+]([O-])c1ccc(NCCCCCO)cc1C(F)(F)F. The zero-order valence-corrected chi connectivity index (χ0v) is 10.6. The van der Waals surface area contributed by atoms with Crippen LogP contribution in [0.3, 0.4) is 0 Å². The van der Waals surface area contributed by atoms with Crippen molar-refractivity contribution < 1.29 is 23.2 Å². The Hall–Kier alpha value is -1.83. The van der Waals surface area contributed by atoms with Gasteiger partial charge in [0, 0.05) is 24.9 Å². The van der Waals surface area contributed by atoms with Gasteiger partial charge in [0.1, 0.15) is 5.56 Å². The predicted molar refractivity (Wildman–Crippen MR) is 67.5 cm³/mol. The number of rotatable bonds is 7. The first-order valence-corrected chi connectivity index (χ1v) is 6.06. The van der Waals surface area contributed by atoms with Crippen LogP contribution in [0.1, 0.15) is 24.8 Å². The summed E-state index contributed by atoms with van der Waals surface area (Å²) in [6.45, 7) is 0.519. The van der Waals surface area contributed by atoms with Crippen molar-refractivity contribution in [3.05, 3.63) is 33.9 Å². The van der Waals surface area contributed by atoms with Gasteiger partial charge in [0.2, 0.25) is 0 Å².